The first-order chi connectivity index (χ1) is 11.6. The standard InChI is InChI=1S/C22H34O3/c1-7-15(2)8-10-18-16(3)9-11-19-21(18,5)13-12-20(24)22(19,6)14-25-17(4)23/h7-8,18-20,24H,1,3,9-14H2,2,4-6H3/b15-8+/t18-,19+,20-,21+,22+/m1/s1. The number of hydrogen-bond acceptors (Lipinski definition) is 3. The summed E-state index contributed by atoms with van der Waals surface area (Å²) in [6.07, 6.45) is 8.40. The second-order valence-corrected chi connectivity index (χ2v) is 8.54. The van der Waals surface area contributed by atoms with Crippen molar-refractivity contribution in [3.05, 3.63) is 36.5 Å². The van der Waals surface area contributed by atoms with Crippen LogP contribution in [-0.4, -0.2) is 23.8 Å². The molecule has 0 amide bonds. The summed E-state index contributed by atoms with van der Waals surface area (Å²) >= 11 is 0. The van der Waals surface area contributed by atoms with Crippen LogP contribution in [0.5, 0.6) is 0 Å². The van der Waals surface area contributed by atoms with E-state index in [1.807, 2.05) is 6.08 Å². The van der Waals surface area contributed by atoms with Gasteiger partial charge in [-0.15, -0.1) is 0 Å². The number of carbonyl (C=O) groups is 1. The number of aliphatic hydroxyl groups is 1. The van der Waals surface area contributed by atoms with E-state index in [2.05, 4.69) is 40.0 Å². The molecule has 0 aromatic heterocycles. The van der Waals surface area contributed by atoms with Crippen molar-refractivity contribution in [3.63, 3.8) is 0 Å². The van der Waals surface area contributed by atoms with Crippen molar-refractivity contribution in [2.75, 3.05) is 6.61 Å². The van der Waals surface area contributed by atoms with Gasteiger partial charge in [0.15, 0.2) is 0 Å². The van der Waals surface area contributed by atoms with Gasteiger partial charge in [-0.1, -0.05) is 50.3 Å². The molecule has 0 aliphatic heterocycles. The molecule has 2 aliphatic rings. The Morgan fingerprint density at radius 3 is 2.64 bits per heavy atom. The molecular weight excluding hydrogens is 312 g/mol. The third-order valence-electron chi connectivity index (χ3n) is 6.94. The molecule has 0 spiro atoms. The molecule has 3 nitrogen and oxygen atoms in total. The van der Waals surface area contributed by atoms with Gasteiger partial charge in [0.05, 0.1) is 12.7 Å². The van der Waals surface area contributed by atoms with Crippen LogP contribution >= 0.6 is 0 Å². The largest absolute Gasteiger partial charge is 0.465 e. The molecule has 1 N–H and O–H groups in total. The Kier molecular flexibility index (Phi) is 5.98. The number of hydrogen-bond donors (Lipinski definition) is 1. The van der Waals surface area contributed by atoms with Crippen LogP contribution in [0.2, 0.25) is 0 Å². The van der Waals surface area contributed by atoms with E-state index in [1.165, 1.54) is 18.1 Å². The lowest BCUT2D eigenvalue weighted by molar-refractivity contribution is -0.172. The summed E-state index contributed by atoms with van der Waals surface area (Å²) in [4.78, 5) is 11.4. The number of rotatable bonds is 5. The van der Waals surface area contributed by atoms with E-state index in [0.717, 1.165) is 32.1 Å². The van der Waals surface area contributed by atoms with Gasteiger partial charge in [-0.2, -0.15) is 0 Å². The zero-order valence-electron chi connectivity index (χ0n) is 16.3. The molecule has 2 aliphatic carbocycles. The molecule has 5 atom stereocenters. The number of ether oxygens (including phenoxy) is 1. The Balaban J connectivity index is 2.33. The van der Waals surface area contributed by atoms with Crippen LogP contribution in [0, 0.1) is 22.7 Å². The summed E-state index contributed by atoms with van der Waals surface area (Å²) in [5.41, 5.74) is 2.19. The third-order valence-corrected chi connectivity index (χ3v) is 6.94. The van der Waals surface area contributed by atoms with Crippen molar-refractivity contribution in [3.8, 4) is 0 Å². The zero-order chi connectivity index (χ0) is 18.8. The van der Waals surface area contributed by atoms with Crippen molar-refractivity contribution >= 4 is 5.97 Å². The van der Waals surface area contributed by atoms with E-state index in [0.29, 0.717) is 18.4 Å². The number of allylic oxidation sites excluding steroid dienone is 4. The molecule has 25 heavy (non-hydrogen) atoms. The highest BCUT2D eigenvalue weighted by Crippen LogP contribution is 2.61. The summed E-state index contributed by atoms with van der Waals surface area (Å²) in [7, 11) is 0. The maximum Gasteiger partial charge on any atom is 0.302 e. The molecule has 0 unspecified atom stereocenters. The van der Waals surface area contributed by atoms with Gasteiger partial charge in [0.2, 0.25) is 0 Å². The predicted octanol–water partition coefficient (Wildman–Crippen LogP) is 4.82. The molecule has 0 aromatic rings. The van der Waals surface area contributed by atoms with Crippen LogP contribution in [0.25, 0.3) is 0 Å². The monoisotopic (exact) mass is 346 g/mol. The molecule has 3 heteroatoms. The lowest BCUT2D eigenvalue weighted by Gasteiger charge is -2.60. The second kappa shape index (κ2) is 7.49. The molecular formula is C22H34O3. The predicted molar refractivity (Wildman–Crippen MR) is 102 cm³/mol. The van der Waals surface area contributed by atoms with Crippen LogP contribution in [-0.2, 0) is 9.53 Å². The Morgan fingerprint density at radius 1 is 1.36 bits per heavy atom. The van der Waals surface area contributed by atoms with Gasteiger partial charge in [-0.05, 0) is 56.3 Å². The normalized spacial score (nSPS) is 38.8. The van der Waals surface area contributed by atoms with E-state index in [1.54, 1.807) is 0 Å². The molecule has 2 fully saturated rings. The number of carbonyl (C=O) groups excluding carboxylic acids is 1. The quantitative estimate of drug-likeness (QED) is 0.441. The van der Waals surface area contributed by atoms with Gasteiger partial charge >= 0.3 is 5.97 Å². The van der Waals surface area contributed by atoms with Crippen LogP contribution in [0.4, 0.5) is 0 Å². The van der Waals surface area contributed by atoms with Gasteiger partial charge in [0, 0.05) is 12.3 Å². The smallest absolute Gasteiger partial charge is 0.302 e. The summed E-state index contributed by atoms with van der Waals surface area (Å²) in [6, 6.07) is 0. The Hall–Kier alpha value is -1.35. The first kappa shape index (κ1) is 20.0. The number of fused-ring (bicyclic) bond motifs is 1. The van der Waals surface area contributed by atoms with Crippen molar-refractivity contribution in [2.24, 2.45) is 22.7 Å². The molecule has 2 saturated carbocycles. The molecule has 0 saturated heterocycles. The Morgan fingerprint density at radius 2 is 2.04 bits per heavy atom. The average molecular weight is 347 g/mol. The van der Waals surface area contributed by atoms with E-state index in [4.69, 9.17) is 4.74 Å². The molecule has 0 aromatic carbocycles. The zero-order valence-corrected chi connectivity index (χ0v) is 16.3. The molecule has 140 valence electrons. The Bertz CT molecular complexity index is 576. The molecule has 0 radical (unpaired) electrons. The summed E-state index contributed by atoms with van der Waals surface area (Å²) in [5, 5.41) is 10.8. The van der Waals surface area contributed by atoms with E-state index < -0.39 is 11.5 Å². The SMILES string of the molecule is C=C/C(C)=C/C[C@@H]1C(=C)CC[C@@H]2[C@](C)(COC(C)=O)[C@H](O)CC[C@]21C. The first-order valence-electron chi connectivity index (χ1n) is 9.43. The maximum atomic E-state index is 11.4. The van der Waals surface area contributed by atoms with Crippen molar-refractivity contribution in [1.82, 2.24) is 0 Å². The molecule has 0 bridgehead atoms. The van der Waals surface area contributed by atoms with Crippen molar-refractivity contribution in [2.45, 2.75) is 65.9 Å². The average Bonchev–Trinajstić information content (AvgIpc) is 2.56. The second-order valence-electron chi connectivity index (χ2n) is 8.54. The number of aliphatic hydroxyl groups excluding tert-OH is 1. The highest BCUT2D eigenvalue weighted by molar-refractivity contribution is 5.65. The lowest BCUT2D eigenvalue weighted by Crippen LogP contribution is -2.57. The minimum Gasteiger partial charge on any atom is -0.465 e. The van der Waals surface area contributed by atoms with Crippen LogP contribution in [0.15, 0.2) is 36.5 Å². The first-order valence-corrected chi connectivity index (χ1v) is 9.43. The van der Waals surface area contributed by atoms with Crippen LogP contribution < -0.4 is 0 Å². The van der Waals surface area contributed by atoms with Crippen LogP contribution in [0.3, 0.4) is 0 Å². The van der Waals surface area contributed by atoms with Gasteiger partial charge in [-0.25, -0.2) is 0 Å². The van der Waals surface area contributed by atoms with Crippen LogP contribution in [0.1, 0.15) is 59.8 Å². The van der Waals surface area contributed by atoms with Gasteiger partial charge in [0.25, 0.3) is 0 Å². The maximum absolute atomic E-state index is 11.4. The fourth-order valence-electron chi connectivity index (χ4n) is 5.26. The van der Waals surface area contributed by atoms with Crippen molar-refractivity contribution < 1.29 is 14.6 Å². The fourth-order valence-corrected chi connectivity index (χ4v) is 5.26. The summed E-state index contributed by atoms with van der Waals surface area (Å²) < 4.78 is 5.38. The Labute approximate surface area is 152 Å². The molecule has 2 rings (SSSR count). The molecule has 0 heterocycles. The minimum atomic E-state index is -0.428. The lowest BCUT2D eigenvalue weighted by atomic mass is 9.46. The van der Waals surface area contributed by atoms with Gasteiger partial charge in [-0.3, -0.25) is 4.79 Å². The summed E-state index contributed by atoms with van der Waals surface area (Å²) in [6.45, 7) is 16.5. The third kappa shape index (κ3) is 3.76. The highest BCUT2D eigenvalue weighted by Gasteiger charge is 2.57. The van der Waals surface area contributed by atoms with Crippen molar-refractivity contribution in [1.29, 1.82) is 0 Å². The minimum absolute atomic E-state index is 0.0708. The van der Waals surface area contributed by atoms with E-state index in [-0.39, 0.29) is 11.4 Å². The topological polar surface area (TPSA) is 46.5 Å². The van der Waals surface area contributed by atoms with Gasteiger partial charge in [0.1, 0.15) is 0 Å². The fraction of sp³-hybridized carbons (Fsp3) is 0.682. The van der Waals surface area contributed by atoms with Gasteiger partial charge < -0.3 is 9.84 Å². The highest BCUT2D eigenvalue weighted by atomic mass is 16.5. The van der Waals surface area contributed by atoms with E-state index >= 15 is 0 Å². The van der Waals surface area contributed by atoms with E-state index in [9.17, 15) is 9.90 Å². The number of esters is 1. The summed E-state index contributed by atoms with van der Waals surface area (Å²) in [5.74, 6) is 0.434.